The number of amides is 1. The fraction of sp³-hybridized carbons (Fsp3) is 0.440. The lowest BCUT2D eigenvalue weighted by atomic mass is 9.90. The van der Waals surface area contributed by atoms with Crippen LogP contribution in [0.1, 0.15) is 48.0 Å². The molecule has 1 aliphatic heterocycles. The Kier molecular flexibility index (Phi) is 7.72. The lowest BCUT2D eigenvalue weighted by Gasteiger charge is -2.24. The monoisotopic (exact) mass is 504 g/mol. The van der Waals surface area contributed by atoms with Gasteiger partial charge in [0.05, 0.1) is 35.5 Å². The van der Waals surface area contributed by atoms with E-state index >= 15 is 0 Å². The van der Waals surface area contributed by atoms with Gasteiger partial charge < -0.3 is 15.4 Å². The van der Waals surface area contributed by atoms with Crippen LogP contribution >= 0.6 is 11.6 Å². The molecule has 0 unspecified atom stereocenters. The number of carbonyl (C=O) groups is 2. The van der Waals surface area contributed by atoms with Crippen molar-refractivity contribution in [1.82, 2.24) is 0 Å². The van der Waals surface area contributed by atoms with Crippen LogP contribution in [0.15, 0.2) is 47.4 Å². The highest BCUT2D eigenvalue weighted by Crippen LogP contribution is 2.33. The maximum Gasteiger partial charge on any atom is 0.245 e. The number of sulfone groups is 1. The second kappa shape index (κ2) is 10.6. The number of halogens is 1. The molecule has 1 fully saturated rings. The standard InChI is InChI=1S/C25H29ClN2O5S/c26-20-9-6-17(7-10-20)13-28-22-12-19(23(29)15-33-14-18-4-2-1-3-5-18)8-11-24(22)34(31,32)16-21(27)25(28)30/h6-12,18,21H,1-5,13-16,27H2/t21-/m0/s1. The van der Waals surface area contributed by atoms with E-state index < -0.39 is 27.5 Å². The molecule has 1 heterocycles. The minimum atomic E-state index is -3.82. The van der Waals surface area contributed by atoms with E-state index in [4.69, 9.17) is 22.1 Å². The fourth-order valence-corrected chi connectivity index (χ4v) is 6.26. The van der Waals surface area contributed by atoms with Crippen LogP contribution in [-0.4, -0.2) is 45.1 Å². The van der Waals surface area contributed by atoms with Gasteiger partial charge in [-0.15, -0.1) is 0 Å². The predicted octanol–water partition coefficient (Wildman–Crippen LogP) is 3.77. The number of anilines is 1. The van der Waals surface area contributed by atoms with Crippen LogP contribution in [0.4, 0.5) is 5.69 Å². The first-order valence-corrected chi connectivity index (χ1v) is 13.6. The smallest absolute Gasteiger partial charge is 0.245 e. The molecule has 1 atom stereocenters. The van der Waals surface area contributed by atoms with Crippen molar-refractivity contribution in [1.29, 1.82) is 0 Å². The van der Waals surface area contributed by atoms with Crippen molar-refractivity contribution in [2.45, 2.75) is 49.6 Å². The van der Waals surface area contributed by atoms with Crippen molar-refractivity contribution in [2.75, 3.05) is 23.9 Å². The topological polar surface area (TPSA) is 107 Å². The maximum absolute atomic E-state index is 13.1. The first kappa shape index (κ1) is 24.9. The Hall–Kier alpha value is -2.26. The van der Waals surface area contributed by atoms with Crippen LogP contribution in [0, 0.1) is 5.92 Å². The molecule has 0 bridgehead atoms. The molecular weight excluding hydrogens is 476 g/mol. The summed E-state index contributed by atoms with van der Waals surface area (Å²) in [6, 6.07) is 10.0. The van der Waals surface area contributed by atoms with Crippen LogP contribution in [0.3, 0.4) is 0 Å². The number of fused-ring (bicyclic) bond motifs is 1. The average molecular weight is 505 g/mol. The Bertz CT molecular complexity index is 1160. The van der Waals surface area contributed by atoms with Gasteiger partial charge in [-0.1, -0.05) is 43.0 Å². The number of nitrogens with two attached hydrogens (primary N) is 1. The van der Waals surface area contributed by atoms with Gasteiger partial charge in [-0.25, -0.2) is 8.42 Å². The van der Waals surface area contributed by atoms with Gasteiger partial charge in [0.2, 0.25) is 5.91 Å². The molecule has 4 rings (SSSR count). The quantitative estimate of drug-likeness (QED) is 0.575. The summed E-state index contributed by atoms with van der Waals surface area (Å²) in [7, 11) is -3.82. The third kappa shape index (κ3) is 5.68. The molecule has 34 heavy (non-hydrogen) atoms. The number of hydrogen-bond acceptors (Lipinski definition) is 6. The lowest BCUT2D eigenvalue weighted by molar-refractivity contribution is -0.119. The molecule has 182 valence electrons. The van der Waals surface area contributed by atoms with Gasteiger partial charge in [-0.05, 0) is 54.7 Å². The molecule has 0 spiro atoms. The van der Waals surface area contributed by atoms with Crippen LogP contribution in [-0.2, 0) is 25.9 Å². The number of benzene rings is 2. The zero-order chi connectivity index (χ0) is 24.3. The van der Waals surface area contributed by atoms with E-state index in [0.29, 0.717) is 23.1 Å². The molecule has 9 heteroatoms. The molecule has 2 N–H and O–H groups in total. The number of rotatable bonds is 7. The third-order valence-electron chi connectivity index (χ3n) is 6.45. The Morgan fingerprint density at radius 1 is 1.09 bits per heavy atom. The minimum Gasteiger partial charge on any atom is -0.373 e. The Labute approximate surface area is 205 Å². The molecule has 2 aliphatic rings. The highest BCUT2D eigenvalue weighted by atomic mass is 35.5. The molecule has 1 aliphatic carbocycles. The number of Topliss-reactive ketones (excluding diaryl/α,β-unsaturated/α-hetero) is 1. The van der Waals surface area contributed by atoms with Crippen molar-refractivity contribution in [2.24, 2.45) is 11.7 Å². The molecule has 2 aromatic carbocycles. The largest absolute Gasteiger partial charge is 0.373 e. The highest BCUT2D eigenvalue weighted by Gasteiger charge is 2.36. The molecular formula is C25H29ClN2O5S. The van der Waals surface area contributed by atoms with Gasteiger partial charge in [0, 0.05) is 10.6 Å². The van der Waals surface area contributed by atoms with Crippen LogP contribution in [0.2, 0.25) is 5.02 Å². The van der Waals surface area contributed by atoms with Crippen molar-refractivity contribution in [3.63, 3.8) is 0 Å². The van der Waals surface area contributed by atoms with Crippen molar-refractivity contribution >= 4 is 38.8 Å². The Balaban J connectivity index is 1.60. The van der Waals surface area contributed by atoms with Gasteiger partial charge >= 0.3 is 0 Å². The summed E-state index contributed by atoms with van der Waals surface area (Å²) in [4.78, 5) is 27.3. The van der Waals surface area contributed by atoms with Crippen molar-refractivity contribution in [3.8, 4) is 0 Å². The van der Waals surface area contributed by atoms with Gasteiger partial charge in [0.1, 0.15) is 6.61 Å². The molecule has 1 saturated carbocycles. The van der Waals surface area contributed by atoms with Crippen molar-refractivity contribution < 1.29 is 22.7 Å². The molecule has 1 amide bonds. The summed E-state index contributed by atoms with van der Waals surface area (Å²) >= 11 is 5.97. The van der Waals surface area contributed by atoms with E-state index in [1.165, 1.54) is 42.4 Å². The van der Waals surface area contributed by atoms with E-state index in [1.807, 2.05) is 0 Å². The van der Waals surface area contributed by atoms with E-state index in [-0.39, 0.29) is 29.5 Å². The van der Waals surface area contributed by atoms with Gasteiger partial charge in [-0.3, -0.25) is 9.59 Å². The van der Waals surface area contributed by atoms with Gasteiger partial charge in [-0.2, -0.15) is 0 Å². The van der Waals surface area contributed by atoms with Gasteiger partial charge in [0.15, 0.2) is 15.6 Å². The van der Waals surface area contributed by atoms with E-state index in [9.17, 15) is 18.0 Å². The number of ether oxygens (including phenoxy) is 1. The van der Waals surface area contributed by atoms with Gasteiger partial charge in [0.25, 0.3) is 0 Å². The number of ketones is 1. The summed E-state index contributed by atoms with van der Waals surface area (Å²) in [6.45, 7) is 0.551. The Morgan fingerprint density at radius 3 is 2.50 bits per heavy atom. The molecule has 0 saturated heterocycles. The summed E-state index contributed by atoms with van der Waals surface area (Å²) in [5.41, 5.74) is 7.16. The number of hydrogen-bond donors (Lipinski definition) is 1. The SMILES string of the molecule is N[C@H]1CS(=O)(=O)c2ccc(C(=O)COCC3CCCCC3)cc2N(Cc2ccc(Cl)cc2)C1=O. The lowest BCUT2D eigenvalue weighted by Crippen LogP contribution is -2.45. The minimum absolute atomic E-state index is 0.0116. The molecule has 0 radical (unpaired) electrons. The first-order valence-electron chi connectivity index (χ1n) is 11.5. The highest BCUT2D eigenvalue weighted by molar-refractivity contribution is 7.91. The second-order valence-corrected chi connectivity index (χ2v) is 11.5. The number of nitrogens with zero attached hydrogens (tertiary/aromatic N) is 1. The summed E-state index contributed by atoms with van der Waals surface area (Å²) in [5, 5.41) is 0.548. The molecule has 2 aromatic rings. The maximum atomic E-state index is 13.1. The fourth-order valence-electron chi connectivity index (χ4n) is 4.57. The second-order valence-electron chi connectivity index (χ2n) is 9.06. The van der Waals surface area contributed by atoms with E-state index in [2.05, 4.69) is 0 Å². The first-order chi connectivity index (χ1) is 16.2. The van der Waals surface area contributed by atoms with Crippen LogP contribution in [0.25, 0.3) is 0 Å². The zero-order valence-corrected chi connectivity index (χ0v) is 20.5. The van der Waals surface area contributed by atoms with Crippen LogP contribution < -0.4 is 10.6 Å². The summed E-state index contributed by atoms with van der Waals surface area (Å²) in [5.74, 6) is -0.792. The van der Waals surface area contributed by atoms with Crippen LogP contribution in [0.5, 0.6) is 0 Å². The molecule has 7 nitrogen and oxygen atoms in total. The summed E-state index contributed by atoms with van der Waals surface area (Å²) < 4.78 is 31.6. The number of carbonyl (C=O) groups excluding carboxylic acids is 2. The average Bonchev–Trinajstić information content (AvgIpc) is 2.89. The Morgan fingerprint density at radius 2 is 1.79 bits per heavy atom. The van der Waals surface area contributed by atoms with E-state index in [0.717, 1.165) is 18.4 Å². The molecule has 0 aromatic heterocycles. The normalized spacial score (nSPS) is 20.6. The zero-order valence-electron chi connectivity index (χ0n) is 18.9. The van der Waals surface area contributed by atoms with E-state index in [1.54, 1.807) is 24.3 Å². The van der Waals surface area contributed by atoms with Crippen molar-refractivity contribution in [3.05, 3.63) is 58.6 Å². The predicted molar refractivity (Wildman–Crippen MR) is 131 cm³/mol. The summed E-state index contributed by atoms with van der Waals surface area (Å²) in [6.07, 6.45) is 5.88. The third-order valence-corrected chi connectivity index (χ3v) is 8.52.